The molecule has 2 nitrogen and oxygen atoms in total. The predicted molar refractivity (Wildman–Crippen MR) is 35.5 cm³/mol. The molecule has 1 N–H and O–H groups in total. The van der Waals surface area contributed by atoms with Crippen LogP contribution in [0, 0.1) is 0 Å². The van der Waals surface area contributed by atoms with Gasteiger partial charge in [0.15, 0.2) is 0 Å². The fourth-order valence-corrected chi connectivity index (χ4v) is 0.697. The average molecular weight is 138 g/mol. The van der Waals surface area contributed by atoms with Crippen LogP contribution in [-0.2, 0) is 4.74 Å². The Balaban J connectivity index is 0.000000490. The van der Waals surface area contributed by atoms with Crippen LogP contribution in [0.4, 0.5) is 0 Å². The van der Waals surface area contributed by atoms with Crippen LogP contribution in [0.2, 0.25) is 0 Å². The summed E-state index contributed by atoms with van der Waals surface area (Å²) in [5.74, 6) is 0. The van der Waals surface area contributed by atoms with Gasteiger partial charge in [0.2, 0.25) is 0 Å². The van der Waals surface area contributed by atoms with Gasteiger partial charge in [-0.25, -0.2) is 0 Å². The second kappa shape index (κ2) is 4.13. The van der Waals surface area contributed by atoms with Crippen molar-refractivity contribution in [2.45, 2.75) is 13.0 Å². The zero-order valence-electron chi connectivity index (χ0n) is 5.02. The van der Waals surface area contributed by atoms with Crippen molar-refractivity contribution in [1.82, 2.24) is 5.32 Å². The lowest BCUT2D eigenvalue weighted by Crippen LogP contribution is -2.38. The van der Waals surface area contributed by atoms with Gasteiger partial charge in [-0.2, -0.15) is 0 Å². The standard InChI is InChI=1S/C5H11NO.ClH/c1-5-4-7-3-2-6-5;/h5-6H,2-4H2,1H3;1H/t5-;/m0./s1. The first-order valence-electron chi connectivity index (χ1n) is 2.71. The molecular formula is C5H12ClNO. The van der Waals surface area contributed by atoms with Gasteiger partial charge >= 0.3 is 0 Å². The molecule has 3 heteroatoms. The van der Waals surface area contributed by atoms with Gasteiger partial charge in [0.25, 0.3) is 0 Å². The Labute approximate surface area is 56.0 Å². The molecule has 0 aliphatic carbocycles. The largest absolute Gasteiger partial charge is 0.379 e. The first kappa shape index (κ1) is 8.21. The molecule has 0 radical (unpaired) electrons. The number of nitrogens with one attached hydrogen (secondary N) is 1. The van der Waals surface area contributed by atoms with Crippen LogP contribution in [-0.4, -0.2) is 25.8 Å². The van der Waals surface area contributed by atoms with Gasteiger partial charge in [0.05, 0.1) is 13.2 Å². The van der Waals surface area contributed by atoms with Gasteiger partial charge in [-0.05, 0) is 6.92 Å². The summed E-state index contributed by atoms with van der Waals surface area (Å²) in [7, 11) is 0. The molecule has 1 atom stereocenters. The highest BCUT2D eigenvalue weighted by Crippen LogP contribution is 1.88. The SMILES string of the molecule is C[C@H]1COCCN1.Cl. The summed E-state index contributed by atoms with van der Waals surface area (Å²) < 4.78 is 5.12. The van der Waals surface area contributed by atoms with Crippen molar-refractivity contribution in [3.63, 3.8) is 0 Å². The molecule has 0 amide bonds. The third kappa shape index (κ3) is 2.50. The number of hydrogen-bond donors (Lipinski definition) is 1. The Morgan fingerprint density at radius 3 is 2.62 bits per heavy atom. The normalized spacial score (nSPS) is 28.9. The Morgan fingerprint density at radius 1 is 1.62 bits per heavy atom. The molecule has 0 unspecified atom stereocenters. The zero-order valence-corrected chi connectivity index (χ0v) is 5.83. The van der Waals surface area contributed by atoms with E-state index in [0.29, 0.717) is 6.04 Å². The molecule has 1 fully saturated rings. The van der Waals surface area contributed by atoms with Crippen LogP contribution in [0.15, 0.2) is 0 Å². The molecule has 0 aromatic rings. The second-order valence-electron chi connectivity index (χ2n) is 1.93. The molecule has 50 valence electrons. The maximum Gasteiger partial charge on any atom is 0.0617 e. The van der Waals surface area contributed by atoms with Gasteiger partial charge in [0.1, 0.15) is 0 Å². The highest BCUT2D eigenvalue weighted by Gasteiger charge is 2.04. The average Bonchev–Trinajstić information content (AvgIpc) is 1.69. The number of rotatable bonds is 0. The van der Waals surface area contributed by atoms with E-state index in [2.05, 4.69) is 12.2 Å². The van der Waals surface area contributed by atoms with E-state index in [1.165, 1.54) is 0 Å². The Bertz CT molecular complexity index is 54.4. The Kier molecular flexibility index (Phi) is 4.23. The third-order valence-electron chi connectivity index (χ3n) is 1.11. The number of ether oxygens (including phenoxy) is 1. The van der Waals surface area contributed by atoms with Crippen LogP contribution >= 0.6 is 12.4 Å². The van der Waals surface area contributed by atoms with Gasteiger partial charge in [-0.15, -0.1) is 12.4 Å². The molecule has 1 aliphatic rings. The maximum atomic E-state index is 5.12. The van der Waals surface area contributed by atoms with Gasteiger partial charge in [-0.3, -0.25) is 0 Å². The molecule has 1 rings (SSSR count). The molecule has 1 aliphatic heterocycles. The highest BCUT2D eigenvalue weighted by molar-refractivity contribution is 5.85. The lowest BCUT2D eigenvalue weighted by Gasteiger charge is -2.19. The summed E-state index contributed by atoms with van der Waals surface area (Å²) in [5.41, 5.74) is 0. The minimum Gasteiger partial charge on any atom is -0.379 e. The smallest absolute Gasteiger partial charge is 0.0617 e. The lowest BCUT2D eigenvalue weighted by molar-refractivity contribution is 0.0824. The number of hydrogen-bond acceptors (Lipinski definition) is 2. The molecule has 0 saturated carbocycles. The summed E-state index contributed by atoms with van der Waals surface area (Å²) >= 11 is 0. The van der Waals surface area contributed by atoms with E-state index in [0.717, 1.165) is 19.8 Å². The first-order valence-corrected chi connectivity index (χ1v) is 2.71. The summed E-state index contributed by atoms with van der Waals surface area (Å²) in [6, 6.07) is 0.564. The van der Waals surface area contributed by atoms with Crippen molar-refractivity contribution in [3.05, 3.63) is 0 Å². The molecular weight excluding hydrogens is 126 g/mol. The summed E-state index contributed by atoms with van der Waals surface area (Å²) in [5, 5.41) is 3.26. The van der Waals surface area contributed by atoms with Crippen molar-refractivity contribution in [3.8, 4) is 0 Å². The van der Waals surface area contributed by atoms with Crippen molar-refractivity contribution < 1.29 is 4.74 Å². The second-order valence-corrected chi connectivity index (χ2v) is 1.93. The van der Waals surface area contributed by atoms with Gasteiger partial charge in [-0.1, -0.05) is 0 Å². The van der Waals surface area contributed by atoms with E-state index in [-0.39, 0.29) is 12.4 Å². The molecule has 0 spiro atoms. The van der Waals surface area contributed by atoms with Crippen LogP contribution < -0.4 is 5.32 Å². The maximum absolute atomic E-state index is 5.12. The number of morpholine rings is 1. The van der Waals surface area contributed by atoms with Gasteiger partial charge < -0.3 is 10.1 Å². The fourth-order valence-electron chi connectivity index (χ4n) is 0.697. The summed E-state index contributed by atoms with van der Waals surface area (Å²) in [6.45, 7) is 4.89. The van der Waals surface area contributed by atoms with Crippen molar-refractivity contribution in [2.75, 3.05) is 19.8 Å². The van der Waals surface area contributed by atoms with Crippen LogP contribution in [0.1, 0.15) is 6.92 Å². The topological polar surface area (TPSA) is 21.3 Å². The molecule has 0 aromatic carbocycles. The lowest BCUT2D eigenvalue weighted by atomic mass is 10.3. The molecule has 1 saturated heterocycles. The van der Waals surface area contributed by atoms with Crippen molar-refractivity contribution >= 4 is 12.4 Å². The van der Waals surface area contributed by atoms with Crippen LogP contribution in [0.3, 0.4) is 0 Å². The van der Waals surface area contributed by atoms with E-state index in [4.69, 9.17) is 4.74 Å². The minimum atomic E-state index is 0. The Hall–Kier alpha value is 0.210. The molecule has 0 aromatic heterocycles. The fraction of sp³-hybridized carbons (Fsp3) is 1.00. The Morgan fingerprint density at radius 2 is 2.38 bits per heavy atom. The molecule has 1 heterocycles. The quantitative estimate of drug-likeness (QED) is 0.523. The van der Waals surface area contributed by atoms with E-state index >= 15 is 0 Å². The molecule has 8 heavy (non-hydrogen) atoms. The van der Waals surface area contributed by atoms with E-state index in [1.54, 1.807) is 0 Å². The summed E-state index contributed by atoms with van der Waals surface area (Å²) in [6.07, 6.45) is 0. The van der Waals surface area contributed by atoms with E-state index in [9.17, 15) is 0 Å². The van der Waals surface area contributed by atoms with Crippen LogP contribution in [0.25, 0.3) is 0 Å². The van der Waals surface area contributed by atoms with E-state index in [1.807, 2.05) is 0 Å². The summed E-state index contributed by atoms with van der Waals surface area (Å²) in [4.78, 5) is 0. The van der Waals surface area contributed by atoms with Crippen LogP contribution in [0.5, 0.6) is 0 Å². The highest BCUT2D eigenvalue weighted by atomic mass is 35.5. The van der Waals surface area contributed by atoms with Crippen molar-refractivity contribution in [2.24, 2.45) is 0 Å². The van der Waals surface area contributed by atoms with Gasteiger partial charge in [0, 0.05) is 12.6 Å². The predicted octanol–water partition coefficient (Wildman–Crippen LogP) is 0.416. The third-order valence-corrected chi connectivity index (χ3v) is 1.11. The van der Waals surface area contributed by atoms with Crippen molar-refractivity contribution in [1.29, 1.82) is 0 Å². The minimum absolute atomic E-state index is 0. The molecule has 0 bridgehead atoms. The van der Waals surface area contributed by atoms with E-state index < -0.39 is 0 Å². The monoisotopic (exact) mass is 137 g/mol. The first-order chi connectivity index (χ1) is 3.39. The zero-order chi connectivity index (χ0) is 5.11. The number of halogens is 1.